The number of nitrogens with zero attached hydrogens (tertiary/aromatic N) is 1. The highest BCUT2D eigenvalue weighted by Gasteiger charge is 2.34. The van der Waals surface area contributed by atoms with E-state index in [0.29, 0.717) is 25.9 Å². The van der Waals surface area contributed by atoms with Gasteiger partial charge in [-0.25, -0.2) is 8.42 Å². The van der Waals surface area contributed by atoms with E-state index >= 15 is 0 Å². The molecule has 1 heterocycles. The first-order valence-electron chi connectivity index (χ1n) is 7.64. The summed E-state index contributed by atoms with van der Waals surface area (Å²) in [5, 5.41) is 3.35. The second-order valence-corrected chi connectivity index (χ2v) is 8.46. The molecular weight excluding hydrogens is 276 g/mol. The van der Waals surface area contributed by atoms with Gasteiger partial charge in [-0.1, -0.05) is 19.3 Å². The summed E-state index contributed by atoms with van der Waals surface area (Å²) in [7, 11) is -1.01. The van der Waals surface area contributed by atoms with Gasteiger partial charge in [0.15, 0.2) is 9.84 Å². The van der Waals surface area contributed by atoms with Crippen molar-refractivity contribution in [1.82, 2.24) is 10.2 Å². The van der Waals surface area contributed by atoms with Crippen molar-refractivity contribution in [3.05, 3.63) is 0 Å². The van der Waals surface area contributed by atoms with E-state index in [9.17, 15) is 13.2 Å². The Bertz CT molecular complexity index is 441. The third kappa shape index (κ3) is 3.95. The fourth-order valence-electron chi connectivity index (χ4n) is 3.33. The number of carbonyl (C=O) groups is 1. The molecule has 0 unspecified atom stereocenters. The van der Waals surface area contributed by atoms with Crippen LogP contribution < -0.4 is 5.32 Å². The lowest BCUT2D eigenvalue weighted by Gasteiger charge is -2.38. The van der Waals surface area contributed by atoms with Crippen molar-refractivity contribution >= 4 is 15.7 Å². The van der Waals surface area contributed by atoms with E-state index in [1.54, 1.807) is 4.90 Å². The lowest BCUT2D eigenvalue weighted by atomic mass is 9.79. The zero-order valence-electron chi connectivity index (χ0n) is 12.4. The highest BCUT2D eigenvalue weighted by atomic mass is 32.2. The Balaban J connectivity index is 1.96. The molecule has 1 saturated carbocycles. The Morgan fingerprint density at radius 2 is 1.80 bits per heavy atom. The molecule has 0 spiro atoms. The zero-order chi connectivity index (χ0) is 14.6. The van der Waals surface area contributed by atoms with Crippen molar-refractivity contribution in [3.63, 3.8) is 0 Å². The topological polar surface area (TPSA) is 66.5 Å². The first kappa shape index (κ1) is 15.8. The first-order chi connectivity index (χ1) is 9.46. The van der Waals surface area contributed by atoms with Gasteiger partial charge >= 0.3 is 0 Å². The van der Waals surface area contributed by atoms with E-state index in [1.165, 1.54) is 19.3 Å². The van der Waals surface area contributed by atoms with E-state index in [1.807, 2.05) is 7.05 Å². The van der Waals surface area contributed by atoms with Gasteiger partial charge in [0.1, 0.15) is 0 Å². The summed E-state index contributed by atoms with van der Waals surface area (Å²) in [6, 6.07) is 0. The summed E-state index contributed by atoms with van der Waals surface area (Å²) in [5.74, 6) is 0.442. The molecule has 1 saturated heterocycles. The molecule has 0 radical (unpaired) electrons. The molecule has 116 valence electrons. The highest BCUT2D eigenvalue weighted by molar-refractivity contribution is 7.91. The summed E-state index contributed by atoms with van der Waals surface area (Å²) in [6.45, 7) is 0.943. The molecule has 1 N–H and O–H groups in total. The van der Waals surface area contributed by atoms with Gasteiger partial charge in [-0.05, 0) is 26.3 Å². The Labute approximate surface area is 122 Å². The third-order valence-electron chi connectivity index (χ3n) is 4.74. The van der Waals surface area contributed by atoms with Gasteiger partial charge in [0.2, 0.25) is 5.91 Å². The minimum atomic E-state index is -2.95. The molecule has 1 amide bonds. The Kier molecular flexibility index (Phi) is 5.07. The number of amides is 1. The van der Waals surface area contributed by atoms with Gasteiger partial charge in [0.05, 0.1) is 11.5 Å². The van der Waals surface area contributed by atoms with Crippen LogP contribution in [-0.4, -0.2) is 56.4 Å². The third-order valence-corrected chi connectivity index (χ3v) is 6.45. The van der Waals surface area contributed by atoms with Gasteiger partial charge in [-0.15, -0.1) is 0 Å². The number of nitrogens with one attached hydrogen (secondary N) is 1. The van der Waals surface area contributed by atoms with E-state index in [2.05, 4.69) is 5.32 Å². The predicted octanol–water partition coefficient (Wildman–Crippen LogP) is 0.946. The van der Waals surface area contributed by atoms with Gasteiger partial charge in [-0.3, -0.25) is 4.79 Å². The maximum absolute atomic E-state index is 12.5. The fraction of sp³-hybridized carbons (Fsp3) is 0.929. The van der Waals surface area contributed by atoms with E-state index in [4.69, 9.17) is 0 Å². The molecule has 6 heteroatoms. The fourth-order valence-corrected chi connectivity index (χ4v) is 4.60. The molecule has 0 aromatic carbocycles. The smallest absolute Gasteiger partial charge is 0.224 e. The molecule has 0 atom stereocenters. The van der Waals surface area contributed by atoms with Crippen LogP contribution in [0.25, 0.3) is 0 Å². The van der Waals surface area contributed by atoms with Crippen LogP contribution in [0.1, 0.15) is 44.9 Å². The molecule has 2 rings (SSSR count). The molecule has 1 aliphatic heterocycles. The van der Waals surface area contributed by atoms with Crippen molar-refractivity contribution in [3.8, 4) is 0 Å². The monoisotopic (exact) mass is 302 g/mol. The van der Waals surface area contributed by atoms with E-state index < -0.39 is 9.84 Å². The predicted molar refractivity (Wildman–Crippen MR) is 79.3 cm³/mol. The number of hydrogen-bond acceptors (Lipinski definition) is 4. The lowest BCUT2D eigenvalue weighted by Crippen LogP contribution is -2.49. The largest absolute Gasteiger partial charge is 0.342 e. The number of sulfone groups is 1. The highest BCUT2D eigenvalue weighted by Crippen LogP contribution is 2.31. The van der Waals surface area contributed by atoms with Crippen molar-refractivity contribution < 1.29 is 13.2 Å². The first-order valence-corrected chi connectivity index (χ1v) is 9.46. The van der Waals surface area contributed by atoms with Crippen molar-refractivity contribution in [2.45, 2.75) is 50.5 Å². The molecule has 0 aromatic rings. The number of rotatable bonds is 3. The lowest BCUT2D eigenvalue weighted by molar-refractivity contribution is -0.132. The Hall–Kier alpha value is -0.620. The minimum Gasteiger partial charge on any atom is -0.342 e. The molecule has 2 aliphatic rings. The Morgan fingerprint density at radius 1 is 1.10 bits per heavy atom. The molecule has 20 heavy (non-hydrogen) atoms. The molecule has 1 aliphatic carbocycles. The summed E-state index contributed by atoms with van der Waals surface area (Å²) in [5.41, 5.74) is -0.0689. The maximum atomic E-state index is 12.5. The number of hydrogen-bond donors (Lipinski definition) is 1. The molecular formula is C14H26N2O3S. The Morgan fingerprint density at radius 3 is 2.45 bits per heavy atom. The summed E-state index contributed by atoms with van der Waals surface area (Å²) in [6.07, 6.45) is 6.75. The van der Waals surface area contributed by atoms with Crippen LogP contribution in [0.3, 0.4) is 0 Å². The average molecular weight is 302 g/mol. The van der Waals surface area contributed by atoms with Crippen molar-refractivity contribution in [1.29, 1.82) is 0 Å². The van der Waals surface area contributed by atoms with Crippen LogP contribution in [0.15, 0.2) is 0 Å². The van der Waals surface area contributed by atoms with Crippen molar-refractivity contribution in [2.75, 3.05) is 31.6 Å². The van der Waals surface area contributed by atoms with Crippen LogP contribution in [-0.2, 0) is 14.6 Å². The normalized spacial score (nSPS) is 25.9. The van der Waals surface area contributed by atoms with Gasteiger partial charge in [-0.2, -0.15) is 0 Å². The average Bonchev–Trinajstić information content (AvgIpc) is 2.61. The standard InChI is InChI=1S/C14H26N2O3S/c1-15-14(6-3-2-4-7-14)12-13(17)16-8-5-10-20(18,19)11-9-16/h15H,2-12H2,1H3. The van der Waals surface area contributed by atoms with Crippen LogP contribution in [0.4, 0.5) is 0 Å². The number of carbonyl (C=O) groups excluding carboxylic acids is 1. The maximum Gasteiger partial charge on any atom is 0.224 e. The van der Waals surface area contributed by atoms with E-state index in [0.717, 1.165) is 12.8 Å². The van der Waals surface area contributed by atoms with Crippen LogP contribution in [0.2, 0.25) is 0 Å². The molecule has 0 aromatic heterocycles. The molecule has 0 bridgehead atoms. The van der Waals surface area contributed by atoms with Crippen molar-refractivity contribution in [2.24, 2.45) is 0 Å². The van der Waals surface area contributed by atoms with Crippen LogP contribution in [0, 0.1) is 0 Å². The summed E-state index contributed by atoms with van der Waals surface area (Å²) < 4.78 is 23.2. The minimum absolute atomic E-state index is 0.0689. The summed E-state index contributed by atoms with van der Waals surface area (Å²) >= 11 is 0. The summed E-state index contributed by atoms with van der Waals surface area (Å²) in [4.78, 5) is 14.2. The van der Waals surface area contributed by atoms with Gasteiger partial charge in [0.25, 0.3) is 0 Å². The SMILES string of the molecule is CNC1(CC(=O)N2CCCS(=O)(=O)CC2)CCCCC1. The zero-order valence-corrected chi connectivity index (χ0v) is 13.2. The van der Waals surface area contributed by atoms with Crippen LogP contribution in [0.5, 0.6) is 0 Å². The van der Waals surface area contributed by atoms with Crippen LogP contribution >= 0.6 is 0 Å². The molecule has 2 fully saturated rings. The van der Waals surface area contributed by atoms with Gasteiger partial charge < -0.3 is 10.2 Å². The quantitative estimate of drug-likeness (QED) is 0.843. The van der Waals surface area contributed by atoms with Gasteiger partial charge in [0, 0.05) is 25.0 Å². The molecule has 5 nitrogen and oxygen atoms in total. The van der Waals surface area contributed by atoms with E-state index in [-0.39, 0.29) is 23.0 Å². The second kappa shape index (κ2) is 6.43. The second-order valence-electron chi connectivity index (χ2n) is 6.15.